The van der Waals surface area contributed by atoms with E-state index in [1.807, 2.05) is 6.92 Å². The monoisotopic (exact) mass is 295 g/mol. The highest BCUT2D eigenvalue weighted by Crippen LogP contribution is 2.22. The number of amides is 2. The average molecular weight is 295 g/mol. The molecule has 3 rings (SSSR count). The van der Waals surface area contributed by atoms with Crippen LogP contribution in [-0.2, 0) is 14.3 Å². The van der Waals surface area contributed by atoms with Crippen LogP contribution in [0.4, 0.5) is 0 Å². The summed E-state index contributed by atoms with van der Waals surface area (Å²) in [5.74, 6) is -0.125. The molecule has 0 aromatic heterocycles. The summed E-state index contributed by atoms with van der Waals surface area (Å²) in [5.41, 5.74) is 0. The number of carbonyl (C=O) groups excluding carboxylic acids is 2. The molecule has 3 unspecified atom stereocenters. The van der Waals surface area contributed by atoms with Crippen LogP contribution in [0.5, 0.6) is 0 Å². The molecule has 0 bridgehead atoms. The molecule has 0 aromatic rings. The van der Waals surface area contributed by atoms with Crippen molar-refractivity contribution in [3.8, 4) is 0 Å². The molecule has 0 aromatic carbocycles. The van der Waals surface area contributed by atoms with Gasteiger partial charge in [-0.3, -0.25) is 19.4 Å². The van der Waals surface area contributed by atoms with Gasteiger partial charge in [-0.05, 0) is 25.8 Å². The van der Waals surface area contributed by atoms with Gasteiger partial charge in [0.1, 0.15) is 0 Å². The first-order chi connectivity index (χ1) is 10.2. The van der Waals surface area contributed by atoms with Crippen molar-refractivity contribution in [2.75, 3.05) is 32.8 Å². The highest BCUT2D eigenvalue weighted by atomic mass is 16.5. The number of nitrogens with one attached hydrogen (secondary N) is 1. The molecule has 3 aliphatic rings. The maximum atomic E-state index is 12.2. The van der Waals surface area contributed by atoms with Crippen LogP contribution in [0.15, 0.2) is 0 Å². The predicted molar refractivity (Wildman–Crippen MR) is 77.8 cm³/mol. The molecule has 118 valence electrons. The molecule has 3 heterocycles. The summed E-state index contributed by atoms with van der Waals surface area (Å²) < 4.78 is 5.87. The van der Waals surface area contributed by atoms with Gasteiger partial charge in [-0.2, -0.15) is 0 Å². The summed E-state index contributed by atoms with van der Waals surface area (Å²) >= 11 is 0. The van der Waals surface area contributed by atoms with Gasteiger partial charge >= 0.3 is 0 Å². The van der Waals surface area contributed by atoms with Gasteiger partial charge in [0.2, 0.25) is 11.8 Å². The largest absolute Gasteiger partial charge is 0.374 e. The average Bonchev–Trinajstić information content (AvgIpc) is 3.04. The predicted octanol–water partition coefficient (Wildman–Crippen LogP) is -0.0233. The Hall–Kier alpha value is -0.980. The Morgan fingerprint density at radius 2 is 2.24 bits per heavy atom. The molecule has 3 fully saturated rings. The van der Waals surface area contributed by atoms with Crippen molar-refractivity contribution < 1.29 is 14.3 Å². The molecular formula is C15H25N3O3. The third-order valence-electron chi connectivity index (χ3n) is 4.74. The number of rotatable bonds is 5. The molecule has 1 N–H and O–H groups in total. The van der Waals surface area contributed by atoms with Crippen LogP contribution >= 0.6 is 0 Å². The van der Waals surface area contributed by atoms with Gasteiger partial charge in [-0.25, -0.2) is 0 Å². The quantitative estimate of drug-likeness (QED) is 0.722. The van der Waals surface area contributed by atoms with Crippen molar-refractivity contribution >= 4 is 11.8 Å². The van der Waals surface area contributed by atoms with Crippen LogP contribution in [0.1, 0.15) is 32.6 Å². The zero-order valence-corrected chi connectivity index (χ0v) is 12.7. The molecule has 0 saturated carbocycles. The lowest BCUT2D eigenvalue weighted by Crippen LogP contribution is -2.51. The summed E-state index contributed by atoms with van der Waals surface area (Å²) in [6.45, 7) is 6.05. The lowest BCUT2D eigenvalue weighted by molar-refractivity contribution is -0.138. The number of hydrogen-bond donors (Lipinski definition) is 1. The van der Waals surface area contributed by atoms with Gasteiger partial charge in [0.25, 0.3) is 0 Å². The van der Waals surface area contributed by atoms with E-state index in [-0.39, 0.29) is 30.4 Å². The molecule has 3 atom stereocenters. The number of fused-ring (bicyclic) bond motifs is 1. The van der Waals surface area contributed by atoms with E-state index >= 15 is 0 Å². The normalized spacial score (nSPS) is 33.8. The summed E-state index contributed by atoms with van der Waals surface area (Å²) in [6, 6.07) is 0.236. The molecule has 3 aliphatic heterocycles. The number of imide groups is 1. The smallest absolute Gasteiger partial charge is 0.246 e. The SMILES string of the molecule is CCCN1C(=O)CC(NCC2CN3CCCC3CO2)C1=O. The molecule has 0 aliphatic carbocycles. The molecule has 0 spiro atoms. The Morgan fingerprint density at radius 1 is 1.38 bits per heavy atom. The second-order valence-corrected chi connectivity index (χ2v) is 6.29. The van der Waals surface area contributed by atoms with Crippen molar-refractivity contribution in [1.29, 1.82) is 0 Å². The lowest BCUT2D eigenvalue weighted by Gasteiger charge is -2.35. The molecule has 0 radical (unpaired) electrons. The minimum absolute atomic E-state index is 0.0523. The van der Waals surface area contributed by atoms with Crippen LogP contribution < -0.4 is 5.32 Å². The van der Waals surface area contributed by atoms with Crippen LogP contribution in [0.25, 0.3) is 0 Å². The Labute approximate surface area is 125 Å². The van der Waals surface area contributed by atoms with E-state index in [1.165, 1.54) is 17.7 Å². The minimum atomic E-state index is -0.357. The number of likely N-dealkylation sites (tertiary alicyclic amines) is 1. The fourth-order valence-electron chi connectivity index (χ4n) is 3.58. The highest BCUT2D eigenvalue weighted by Gasteiger charge is 2.38. The van der Waals surface area contributed by atoms with Crippen molar-refractivity contribution in [3.05, 3.63) is 0 Å². The van der Waals surface area contributed by atoms with Crippen LogP contribution in [0.2, 0.25) is 0 Å². The maximum Gasteiger partial charge on any atom is 0.246 e. The van der Waals surface area contributed by atoms with Crippen LogP contribution in [0.3, 0.4) is 0 Å². The van der Waals surface area contributed by atoms with E-state index in [9.17, 15) is 9.59 Å². The Kier molecular flexibility index (Phi) is 4.57. The van der Waals surface area contributed by atoms with E-state index in [4.69, 9.17) is 4.74 Å². The van der Waals surface area contributed by atoms with Gasteiger partial charge < -0.3 is 10.1 Å². The molecule has 6 heteroatoms. The van der Waals surface area contributed by atoms with Gasteiger partial charge in [-0.1, -0.05) is 6.92 Å². The third kappa shape index (κ3) is 3.12. The minimum Gasteiger partial charge on any atom is -0.374 e. The van der Waals surface area contributed by atoms with Crippen molar-refractivity contribution in [2.24, 2.45) is 0 Å². The second kappa shape index (κ2) is 6.42. The van der Waals surface area contributed by atoms with Gasteiger partial charge in [0, 0.05) is 25.7 Å². The first kappa shape index (κ1) is 14.9. The van der Waals surface area contributed by atoms with Gasteiger partial charge in [0.15, 0.2) is 0 Å². The Morgan fingerprint density at radius 3 is 3.05 bits per heavy atom. The summed E-state index contributed by atoms with van der Waals surface area (Å²) in [5, 5.41) is 3.24. The molecule has 2 amide bonds. The van der Waals surface area contributed by atoms with Gasteiger partial charge in [-0.15, -0.1) is 0 Å². The number of carbonyl (C=O) groups is 2. The van der Waals surface area contributed by atoms with E-state index in [1.54, 1.807) is 0 Å². The Balaban J connectivity index is 1.47. The third-order valence-corrected chi connectivity index (χ3v) is 4.74. The summed E-state index contributed by atoms with van der Waals surface area (Å²) in [4.78, 5) is 27.8. The molecule has 3 saturated heterocycles. The zero-order chi connectivity index (χ0) is 14.8. The molecule has 21 heavy (non-hydrogen) atoms. The van der Waals surface area contributed by atoms with Crippen LogP contribution in [0, 0.1) is 0 Å². The lowest BCUT2D eigenvalue weighted by atomic mass is 10.1. The first-order valence-electron chi connectivity index (χ1n) is 8.12. The summed E-state index contributed by atoms with van der Waals surface area (Å²) in [7, 11) is 0. The standard InChI is InChI=1S/C15H25N3O3/c1-2-5-18-14(19)7-13(15(18)20)16-8-12-9-17-6-3-4-11(17)10-21-12/h11-13,16H,2-10H2,1H3. The van der Waals surface area contributed by atoms with Crippen LogP contribution in [-0.4, -0.2) is 72.6 Å². The number of nitrogens with zero attached hydrogens (tertiary/aromatic N) is 2. The molecular weight excluding hydrogens is 270 g/mol. The van der Waals surface area contributed by atoms with Crippen molar-refractivity contribution in [2.45, 2.75) is 50.8 Å². The van der Waals surface area contributed by atoms with Crippen molar-refractivity contribution in [1.82, 2.24) is 15.1 Å². The topological polar surface area (TPSA) is 61.9 Å². The van der Waals surface area contributed by atoms with E-state index in [0.717, 1.165) is 26.1 Å². The molecule has 6 nitrogen and oxygen atoms in total. The fraction of sp³-hybridized carbons (Fsp3) is 0.867. The van der Waals surface area contributed by atoms with Gasteiger partial charge in [0.05, 0.1) is 25.2 Å². The summed E-state index contributed by atoms with van der Waals surface area (Å²) in [6.07, 6.45) is 3.73. The second-order valence-electron chi connectivity index (χ2n) is 6.29. The number of ether oxygens (including phenoxy) is 1. The maximum absolute atomic E-state index is 12.2. The first-order valence-corrected chi connectivity index (χ1v) is 8.12. The van der Waals surface area contributed by atoms with E-state index in [0.29, 0.717) is 19.1 Å². The number of hydrogen-bond acceptors (Lipinski definition) is 5. The number of morpholine rings is 1. The zero-order valence-electron chi connectivity index (χ0n) is 12.7. The van der Waals surface area contributed by atoms with E-state index in [2.05, 4.69) is 10.2 Å². The van der Waals surface area contributed by atoms with E-state index < -0.39 is 0 Å². The highest BCUT2D eigenvalue weighted by molar-refractivity contribution is 6.05. The van der Waals surface area contributed by atoms with Crippen molar-refractivity contribution in [3.63, 3.8) is 0 Å². The Bertz CT molecular complexity index is 415. The fourth-order valence-corrected chi connectivity index (χ4v) is 3.58.